The summed E-state index contributed by atoms with van der Waals surface area (Å²) in [6.07, 6.45) is 6.57. The third-order valence-corrected chi connectivity index (χ3v) is 4.38. The number of nitrogens with two attached hydrogens (primary N) is 1. The Morgan fingerprint density at radius 3 is 2.68 bits per heavy atom. The highest BCUT2D eigenvalue weighted by Gasteiger charge is 2.26. The summed E-state index contributed by atoms with van der Waals surface area (Å²) in [5, 5.41) is 0.771. The van der Waals surface area contributed by atoms with Crippen molar-refractivity contribution in [3.63, 3.8) is 0 Å². The molecule has 1 saturated carbocycles. The van der Waals surface area contributed by atoms with Crippen molar-refractivity contribution in [3.8, 4) is 5.75 Å². The van der Waals surface area contributed by atoms with Gasteiger partial charge < -0.3 is 10.5 Å². The Labute approximate surface area is 121 Å². The zero-order valence-electron chi connectivity index (χ0n) is 11.7. The van der Waals surface area contributed by atoms with Crippen molar-refractivity contribution in [3.05, 3.63) is 28.8 Å². The van der Waals surface area contributed by atoms with E-state index in [4.69, 9.17) is 22.1 Å². The van der Waals surface area contributed by atoms with E-state index in [1.165, 1.54) is 37.7 Å². The Morgan fingerprint density at radius 1 is 1.32 bits per heavy atom. The maximum absolute atomic E-state index is 6.16. The summed E-state index contributed by atoms with van der Waals surface area (Å²) in [7, 11) is 0. The number of ether oxygens (including phenoxy) is 1. The van der Waals surface area contributed by atoms with E-state index in [9.17, 15) is 0 Å². The van der Waals surface area contributed by atoms with Crippen molar-refractivity contribution in [2.24, 2.45) is 11.7 Å². The summed E-state index contributed by atoms with van der Waals surface area (Å²) < 4.78 is 5.75. The SMILES string of the molecule is CCOc1ccc(Cl)cc1C(CN)C1CCCCC1. The Morgan fingerprint density at radius 2 is 2.05 bits per heavy atom. The number of hydrogen-bond acceptors (Lipinski definition) is 2. The van der Waals surface area contributed by atoms with Crippen LogP contribution in [0, 0.1) is 5.92 Å². The summed E-state index contributed by atoms with van der Waals surface area (Å²) in [5.74, 6) is 2.00. The van der Waals surface area contributed by atoms with Gasteiger partial charge in [0.2, 0.25) is 0 Å². The van der Waals surface area contributed by atoms with Gasteiger partial charge in [-0.3, -0.25) is 0 Å². The van der Waals surface area contributed by atoms with Crippen molar-refractivity contribution in [2.75, 3.05) is 13.2 Å². The second-order valence-electron chi connectivity index (χ2n) is 5.36. The summed E-state index contributed by atoms with van der Waals surface area (Å²) in [4.78, 5) is 0. The largest absolute Gasteiger partial charge is 0.494 e. The van der Waals surface area contributed by atoms with Crippen LogP contribution in [0.15, 0.2) is 18.2 Å². The minimum Gasteiger partial charge on any atom is -0.494 e. The molecule has 1 aliphatic rings. The van der Waals surface area contributed by atoms with Crippen LogP contribution in [0.2, 0.25) is 5.02 Å². The third kappa shape index (κ3) is 3.64. The first-order chi connectivity index (χ1) is 9.26. The van der Waals surface area contributed by atoms with E-state index in [-0.39, 0.29) is 0 Å². The lowest BCUT2D eigenvalue weighted by molar-refractivity contribution is 0.291. The Bertz CT molecular complexity index is 402. The Kier molecular flexibility index (Phi) is 5.53. The van der Waals surface area contributed by atoms with E-state index in [1.54, 1.807) is 0 Å². The highest BCUT2D eigenvalue weighted by atomic mass is 35.5. The highest BCUT2D eigenvalue weighted by molar-refractivity contribution is 6.30. The first-order valence-corrected chi connectivity index (χ1v) is 7.76. The van der Waals surface area contributed by atoms with Crippen molar-refractivity contribution in [1.29, 1.82) is 0 Å². The lowest BCUT2D eigenvalue weighted by atomic mass is 9.76. The van der Waals surface area contributed by atoms with E-state index in [2.05, 4.69) is 0 Å². The quantitative estimate of drug-likeness (QED) is 0.870. The minimum atomic E-state index is 0.376. The maximum Gasteiger partial charge on any atom is 0.122 e. The van der Waals surface area contributed by atoms with E-state index >= 15 is 0 Å². The molecule has 19 heavy (non-hydrogen) atoms. The van der Waals surface area contributed by atoms with Crippen LogP contribution < -0.4 is 10.5 Å². The van der Waals surface area contributed by atoms with Crippen LogP contribution in [0.25, 0.3) is 0 Å². The first kappa shape index (κ1) is 14.7. The van der Waals surface area contributed by atoms with Gasteiger partial charge in [-0.1, -0.05) is 30.9 Å². The topological polar surface area (TPSA) is 35.2 Å². The van der Waals surface area contributed by atoms with Gasteiger partial charge in [-0.25, -0.2) is 0 Å². The molecule has 0 bridgehead atoms. The molecular weight excluding hydrogens is 258 g/mol. The molecule has 106 valence electrons. The summed E-state index contributed by atoms with van der Waals surface area (Å²) in [6.45, 7) is 3.36. The molecule has 3 heteroatoms. The van der Waals surface area contributed by atoms with Gasteiger partial charge in [0.05, 0.1) is 6.61 Å². The number of halogens is 1. The van der Waals surface area contributed by atoms with Crippen LogP contribution in [-0.2, 0) is 0 Å². The summed E-state index contributed by atoms with van der Waals surface area (Å²) in [5.41, 5.74) is 7.25. The van der Waals surface area contributed by atoms with E-state index < -0.39 is 0 Å². The van der Waals surface area contributed by atoms with Gasteiger partial charge in [-0.15, -0.1) is 0 Å². The molecule has 0 spiro atoms. The molecule has 1 aromatic carbocycles. The van der Waals surface area contributed by atoms with E-state index in [0.29, 0.717) is 25.0 Å². The van der Waals surface area contributed by atoms with Crippen molar-refractivity contribution in [2.45, 2.75) is 44.9 Å². The zero-order chi connectivity index (χ0) is 13.7. The minimum absolute atomic E-state index is 0.376. The van der Waals surface area contributed by atoms with Crippen LogP contribution in [0.4, 0.5) is 0 Å². The van der Waals surface area contributed by atoms with Crippen molar-refractivity contribution in [1.82, 2.24) is 0 Å². The molecule has 0 aromatic heterocycles. The van der Waals surface area contributed by atoms with Gasteiger partial charge in [-0.05, 0) is 50.4 Å². The van der Waals surface area contributed by atoms with Gasteiger partial charge in [0.15, 0.2) is 0 Å². The average Bonchev–Trinajstić information content (AvgIpc) is 2.44. The predicted molar refractivity (Wildman–Crippen MR) is 81.0 cm³/mol. The molecule has 1 atom stereocenters. The lowest BCUT2D eigenvalue weighted by Crippen LogP contribution is -2.24. The Balaban J connectivity index is 2.27. The van der Waals surface area contributed by atoms with Crippen LogP contribution in [0.3, 0.4) is 0 Å². The average molecular weight is 282 g/mol. The van der Waals surface area contributed by atoms with Gasteiger partial charge >= 0.3 is 0 Å². The molecule has 0 heterocycles. The first-order valence-electron chi connectivity index (χ1n) is 7.38. The molecule has 1 fully saturated rings. The molecule has 2 N–H and O–H groups in total. The third-order valence-electron chi connectivity index (χ3n) is 4.14. The second-order valence-corrected chi connectivity index (χ2v) is 5.79. The number of benzene rings is 1. The van der Waals surface area contributed by atoms with Crippen LogP contribution in [0.1, 0.15) is 50.5 Å². The molecule has 0 amide bonds. The molecular formula is C16H24ClNO. The molecule has 1 unspecified atom stereocenters. The molecule has 2 nitrogen and oxygen atoms in total. The molecule has 1 aliphatic carbocycles. The fourth-order valence-electron chi connectivity index (χ4n) is 3.21. The van der Waals surface area contributed by atoms with E-state index in [0.717, 1.165) is 10.8 Å². The van der Waals surface area contributed by atoms with Crippen LogP contribution in [-0.4, -0.2) is 13.2 Å². The van der Waals surface area contributed by atoms with E-state index in [1.807, 2.05) is 25.1 Å². The summed E-state index contributed by atoms with van der Waals surface area (Å²) >= 11 is 6.16. The molecule has 0 saturated heterocycles. The zero-order valence-corrected chi connectivity index (χ0v) is 12.5. The summed E-state index contributed by atoms with van der Waals surface area (Å²) in [6, 6.07) is 5.91. The highest BCUT2D eigenvalue weighted by Crippen LogP contribution is 2.39. The molecule has 0 radical (unpaired) electrons. The monoisotopic (exact) mass is 281 g/mol. The number of rotatable bonds is 5. The fraction of sp³-hybridized carbons (Fsp3) is 0.625. The normalized spacial score (nSPS) is 18.3. The van der Waals surface area contributed by atoms with Gasteiger partial charge in [-0.2, -0.15) is 0 Å². The predicted octanol–water partition coefficient (Wildman–Crippen LogP) is 4.36. The number of hydrogen-bond donors (Lipinski definition) is 1. The van der Waals surface area contributed by atoms with Gasteiger partial charge in [0, 0.05) is 16.5 Å². The van der Waals surface area contributed by atoms with Crippen LogP contribution in [0.5, 0.6) is 5.75 Å². The maximum atomic E-state index is 6.16. The fourth-order valence-corrected chi connectivity index (χ4v) is 3.39. The molecule has 0 aliphatic heterocycles. The van der Waals surface area contributed by atoms with Gasteiger partial charge in [0.1, 0.15) is 5.75 Å². The Hall–Kier alpha value is -0.730. The molecule has 2 rings (SSSR count). The lowest BCUT2D eigenvalue weighted by Gasteiger charge is -2.31. The van der Waals surface area contributed by atoms with Crippen molar-refractivity contribution >= 4 is 11.6 Å². The standard InChI is InChI=1S/C16H24ClNO/c1-2-19-16-9-8-13(17)10-14(16)15(11-18)12-6-4-3-5-7-12/h8-10,12,15H,2-7,11,18H2,1H3. The smallest absolute Gasteiger partial charge is 0.122 e. The molecule has 1 aromatic rings. The van der Waals surface area contributed by atoms with Gasteiger partial charge in [0.25, 0.3) is 0 Å². The van der Waals surface area contributed by atoms with Crippen LogP contribution >= 0.6 is 11.6 Å². The van der Waals surface area contributed by atoms with Crippen molar-refractivity contribution < 1.29 is 4.74 Å². The second kappa shape index (κ2) is 7.16.